The van der Waals surface area contributed by atoms with Crippen molar-refractivity contribution in [3.63, 3.8) is 0 Å². The van der Waals surface area contributed by atoms with Gasteiger partial charge in [-0.1, -0.05) is 18.2 Å². The van der Waals surface area contributed by atoms with Crippen molar-refractivity contribution in [3.8, 4) is 0 Å². The van der Waals surface area contributed by atoms with Gasteiger partial charge in [-0.15, -0.1) is 11.8 Å². The number of benzene rings is 1. The highest BCUT2D eigenvalue weighted by molar-refractivity contribution is 8.00. The maximum absolute atomic E-state index is 12.4. The van der Waals surface area contributed by atoms with Crippen LogP contribution in [0.25, 0.3) is 0 Å². The van der Waals surface area contributed by atoms with Gasteiger partial charge in [0.2, 0.25) is 5.91 Å². The lowest BCUT2D eigenvalue weighted by atomic mass is 10.0. The first kappa shape index (κ1) is 15.9. The average molecular weight is 307 g/mol. The van der Waals surface area contributed by atoms with Crippen molar-refractivity contribution < 1.29 is 14.3 Å². The van der Waals surface area contributed by atoms with E-state index in [0.29, 0.717) is 25.3 Å². The molecule has 1 aliphatic heterocycles. The van der Waals surface area contributed by atoms with E-state index in [1.165, 1.54) is 11.8 Å². The monoisotopic (exact) mass is 307 g/mol. The average Bonchev–Trinajstić information content (AvgIpc) is 2.54. The summed E-state index contributed by atoms with van der Waals surface area (Å²) in [5.41, 5.74) is 0. The van der Waals surface area contributed by atoms with Gasteiger partial charge in [-0.25, -0.2) is 4.79 Å². The van der Waals surface area contributed by atoms with E-state index < -0.39 is 6.04 Å². The van der Waals surface area contributed by atoms with Crippen molar-refractivity contribution in [1.29, 1.82) is 0 Å². The van der Waals surface area contributed by atoms with Gasteiger partial charge in [0.15, 0.2) is 0 Å². The molecule has 1 aliphatic rings. The second-order valence-electron chi connectivity index (χ2n) is 4.95. The highest BCUT2D eigenvalue weighted by Gasteiger charge is 2.32. The molecule has 0 saturated carbocycles. The van der Waals surface area contributed by atoms with E-state index in [0.717, 1.165) is 17.7 Å². The standard InChI is InChI=1S/C16H21NO3S/c1-2-20-16(19)14-10-6-7-11-17(14)15(18)12-21-13-8-4-3-5-9-13/h3-5,8-9,14H,2,6-7,10-12H2,1H3/t14-/m0/s1. The van der Waals surface area contributed by atoms with Crippen molar-refractivity contribution in [2.24, 2.45) is 0 Å². The molecule has 0 N–H and O–H groups in total. The van der Waals surface area contributed by atoms with Gasteiger partial charge < -0.3 is 9.64 Å². The lowest BCUT2D eigenvalue weighted by molar-refractivity contribution is -0.155. The van der Waals surface area contributed by atoms with Gasteiger partial charge in [-0.3, -0.25) is 4.79 Å². The van der Waals surface area contributed by atoms with Crippen LogP contribution in [0.1, 0.15) is 26.2 Å². The van der Waals surface area contributed by atoms with Crippen LogP contribution in [0.4, 0.5) is 0 Å². The van der Waals surface area contributed by atoms with Crippen LogP contribution in [0.15, 0.2) is 35.2 Å². The highest BCUT2D eigenvalue weighted by Crippen LogP contribution is 2.22. The number of hydrogen-bond donors (Lipinski definition) is 0. The fourth-order valence-electron chi connectivity index (χ4n) is 2.46. The zero-order chi connectivity index (χ0) is 15.1. The van der Waals surface area contributed by atoms with Crippen LogP contribution in [0.2, 0.25) is 0 Å². The second kappa shape index (κ2) is 8.08. The van der Waals surface area contributed by atoms with Crippen LogP contribution in [0.5, 0.6) is 0 Å². The molecule has 1 aromatic carbocycles. The third kappa shape index (κ3) is 4.49. The van der Waals surface area contributed by atoms with E-state index in [2.05, 4.69) is 0 Å². The van der Waals surface area contributed by atoms with E-state index in [1.807, 2.05) is 30.3 Å². The molecule has 1 amide bonds. The Labute approximate surface area is 129 Å². The lowest BCUT2D eigenvalue weighted by Crippen LogP contribution is -2.49. The number of amides is 1. The maximum atomic E-state index is 12.4. The zero-order valence-corrected chi connectivity index (χ0v) is 13.1. The third-order valence-corrected chi connectivity index (χ3v) is 4.48. The largest absolute Gasteiger partial charge is 0.464 e. The number of rotatable bonds is 5. The normalized spacial score (nSPS) is 18.3. The van der Waals surface area contributed by atoms with Gasteiger partial charge >= 0.3 is 5.97 Å². The SMILES string of the molecule is CCOC(=O)[C@@H]1CCCCN1C(=O)CSc1ccccc1. The minimum Gasteiger partial charge on any atom is -0.464 e. The lowest BCUT2D eigenvalue weighted by Gasteiger charge is -2.34. The molecule has 1 heterocycles. The number of esters is 1. The zero-order valence-electron chi connectivity index (χ0n) is 12.3. The molecule has 21 heavy (non-hydrogen) atoms. The topological polar surface area (TPSA) is 46.6 Å². The molecule has 0 unspecified atom stereocenters. The summed E-state index contributed by atoms with van der Waals surface area (Å²) in [5.74, 6) is 0.108. The Kier molecular flexibility index (Phi) is 6.11. The molecule has 0 aromatic heterocycles. The van der Waals surface area contributed by atoms with E-state index in [-0.39, 0.29) is 11.9 Å². The molecule has 0 aliphatic carbocycles. The number of piperidine rings is 1. The Balaban J connectivity index is 1.93. The smallest absolute Gasteiger partial charge is 0.328 e. The number of hydrogen-bond acceptors (Lipinski definition) is 4. The Morgan fingerprint density at radius 3 is 2.76 bits per heavy atom. The molecule has 1 fully saturated rings. The molecule has 114 valence electrons. The summed E-state index contributed by atoms with van der Waals surface area (Å²) in [6.45, 7) is 2.80. The summed E-state index contributed by atoms with van der Waals surface area (Å²) in [6.07, 6.45) is 2.64. The van der Waals surface area contributed by atoms with Gasteiger partial charge in [-0.2, -0.15) is 0 Å². The highest BCUT2D eigenvalue weighted by atomic mass is 32.2. The Hall–Kier alpha value is -1.49. The summed E-state index contributed by atoms with van der Waals surface area (Å²) >= 11 is 1.51. The summed E-state index contributed by atoms with van der Waals surface area (Å²) in [6, 6.07) is 9.42. The van der Waals surface area contributed by atoms with Crippen LogP contribution >= 0.6 is 11.8 Å². The van der Waals surface area contributed by atoms with Crippen molar-refractivity contribution >= 4 is 23.6 Å². The molecule has 0 radical (unpaired) electrons. The molecule has 5 heteroatoms. The van der Waals surface area contributed by atoms with Crippen LogP contribution < -0.4 is 0 Å². The Morgan fingerprint density at radius 2 is 2.05 bits per heavy atom. The van der Waals surface area contributed by atoms with E-state index in [1.54, 1.807) is 11.8 Å². The second-order valence-corrected chi connectivity index (χ2v) is 6.00. The van der Waals surface area contributed by atoms with E-state index in [9.17, 15) is 9.59 Å². The van der Waals surface area contributed by atoms with Gasteiger partial charge in [0.05, 0.1) is 12.4 Å². The van der Waals surface area contributed by atoms with Crippen LogP contribution in [-0.2, 0) is 14.3 Å². The first-order chi connectivity index (χ1) is 10.2. The molecule has 1 saturated heterocycles. The van der Waals surface area contributed by atoms with Gasteiger partial charge in [0.25, 0.3) is 0 Å². The molecule has 1 aromatic rings. The summed E-state index contributed by atoms with van der Waals surface area (Å²) < 4.78 is 5.08. The molecule has 4 nitrogen and oxygen atoms in total. The molecule has 0 spiro atoms. The quantitative estimate of drug-likeness (QED) is 0.620. The third-order valence-electron chi connectivity index (χ3n) is 3.49. The van der Waals surface area contributed by atoms with Gasteiger partial charge in [-0.05, 0) is 38.3 Å². The van der Waals surface area contributed by atoms with E-state index >= 15 is 0 Å². The van der Waals surface area contributed by atoms with Crippen molar-refractivity contribution in [1.82, 2.24) is 4.90 Å². The molecule has 0 bridgehead atoms. The van der Waals surface area contributed by atoms with Crippen LogP contribution in [0.3, 0.4) is 0 Å². The number of likely N-dealkylation sites (tertiary alicyclic amines) is 1. The number of carbonyl (C=O) groups excluding carboxylic acids is 2. The Morgan fingerprint density at radius 1 is 1.29 bits per heavy atom. The predicted molar refractivity (Wildman–Crippen MR) is 83.2 cm³/mol. The summed E-state index contributed by atoms with van der Waals surface area (Å²) in [4.78, 5) is 27.1. The molecular weight excluding hydrogens is 286 g/mol. The van der Waals surface area contributed by atoms with Gasteiger partial charge in [0, 0.05) is 11.4 Å². The fourth-order valence-corrected chi connectivity index (χ4v) is 3.26. The fraction of sp³-hybridized carbons (Fsp3) is 0.500. The molecular formula is C16H21NO3S. The van der Waals surface area contributed by atoms with Crippen LogP contribution in [-0.4, -0.2) is 41.7 Å². The van der Waals surface area contributed by atoms with Crippen molar-refractivity contribution in [3.05, 3.63) is 30.3 Å². The molecule has 2 rings (SSSR count). The summed E-state index contributed by atoms with van der Waals surface area (Å²) in [7, 11) is 0. The minimum atomic E-state index is -0.400. The maximum Gasteiger partial charge on any atom is 0.328 e. The van der Waals surface area contributed by atoms with Gasteiger partial charge in [0.1, 0.15) is 6.04 Å². The number of thioether (sulfide) groups is 1. The predicted octanol–water partition coefficient (Wildman–Crippen LogP) is 2.72. The minimum absolute atomic E-state index is 0.0154. The number of nitrogens with zero attached hydrogens (tertiary/aromatic N) is 1. The molecule has 1 atom stereocenters. The number of ether oxygens (including phenoxy) is 1. The van der Waals surface area contributed by atoms with Crippen molar-refractivity contribution in [2.45, 2.75) is 37.1 Å². The first-order valence-electron chi connectivity index (χ1n) is 7.36. The van der Waals surface area contributed by atoms with E-state index in [4.69, 9.17) is 4.74 Å². The van der Waals surface area contributed by atoms with Crippen molar-refractivity contribution in [2.75, 3.05) is 18.9 Å². The Bertz CT molecular complexity index is 478. The number of carbonyl (C=O) groups is 2. The van der Waals surface area contributed by atoms with Crippen LogP contribution in [0, 0.1) is 0 Å². The first-order valence-corrected chi connectivity index (χ1v) is 8.35. The summed E-state index contributed by atoms with van der Waals surface area (Å²) in [5, 5.41) is 0.